The average molecular weight is 259 g/mol. The summed E-state index contributed by atoms with van der Waals surface area (Å²) in [6, 6.07) is -0.394. The van der Waals surface area contributed by atoms with E-state index in [-0.39, 0.29) is 5.91 Å². The molecule has 0 radical (unpaired) electrons. The second kappa shape index (κ2) is 7.55. The zero-order valence-electron chi connectivity index (χ0n) is 10.4. The van der Waals surface area contributed by atoms with Gasteiger partial charge in [-0.15, -0.1) is 0 Å². The monoisotopic (exact) mass is 259 g/mol. The van der Waals surface area contributed by atoms with E-state index in [2.05, 4.69) is 16.0 Å². The lowest BCUT2D eigenvalue weighted by atomic mass is 10.1. The molecule has 1 rings (SSSR count). The Kier molecular flexibility index (Phi) is 6.36. The zero-order valence-corrected chi connectivity index (χ0v) is 11.2. The number of thioether (sulfide) groups is 1. The maximum absolute atomic E-state index is 11.4. The first kappa shape index (κ1) is 14.3. The third-order valence-corrected chi connectivity index (χ3v) is 3.55. The molecule has 0 atom stereocenters. The van der Waals surface area contributed by atoms with Crippen LogP contribution in [0.3, 0.4) is 0 Å². The highest BCUT2D eigenvalue weighted by atomic mass is 32.2. The number of amides is 3. The van der Waals surface area contributed by atoms with Gasteiger partial charge in [0, 0.05) is 6.54 Å². The summed E-state index contributed by atoms with van der Waals surface area (Å²) in [7, 11) is 0. The van der Waals surface area contributed by atoms with E-state index in [4.69, 9.17) is 0 Å². The quantitative estimate of drug-likeness (QED) is 0.646. The van der Waals surface area contributed by atoms with Crippen LogP contribution in [0.4, 0.5) is 4.79 Å². The number of rotatable bonds is 6. The van der Waals surface area contributed by atoms with Gasteiger partial charge in [-0.05, 0) is 30.7 Å². The molecule has 0 aromatic heterocycles. The van der Waals surface area contributed by atoms with Crippen LogP contribution in [0.2, 0.25) is 0 Å². The Morgan fingerprint density at radius 1 is 1.41 bits per heavy atom. The molecule has 3 amide bonds. The van der Waals surface area contributed by atoms with Gasteiger partial charge in [-0.2, -0.15) is 11.8 Å². The van der Waals surface area contributed by atoms with Gasteiger partial charge < -0.3 is 10.6 Å². The lowest BCUT2D eigenvalue weighted by Gasteiger charge is -2.26. The number of carbonyl (C=O) groups is 2. The number of nitrogens with one attached hydrogen (secondary N) is 3. The van der Waals surface area contributed by atoms with Gasteiger partial charge in [0.25, 0.3) is 0 Å². The van der Waals surface area contributed by atoms with E-state index in [0.29, 0.717) is 24.1 Å². The highest BCUT2D eigenvalue weighted by molar-refractivity contribution is 7.99. The van der Waals surface area contributed by atoms with Crippen LogP contribution in [0.25, 0.3) is 0 Å². The fraction of sp³-hybridized carbons (Fsp3) is 0.818. The molecule has 17 heavy (non-hydrogen) atoms. The molecule has 1 saturated heterocycles. The lowest BCUT2D eigenvalue weighted by Crippen LogP contribution is -2.44. The van der Waals surface area contributed by atoms with Crippen molar-refractivity contribution < 1.29 is 9.59 Å². The molecule has 1 aliphatic rings. The SMILES string of the molecule is CC(C)CNC(=O)NC(=O)CSCC1CNC1. The summed E-state index contributed by atoms with van der Waals surface area (Å²) in [4.78, 5) is 22.6. The Balaban J connectivity index is 2.00. The summed E-state index contributed by atoms with van der Waals surface area (Å²) in [5, 5.41) is 8.14. The summed E-state index contributed by atoms with van der Waals surface area (Å²) in [5.41, 5.74) is 0. The fourth-order valence-corrected chi connectivity index (χ4v) is 2.23. The molecule has 1 fully saturated rings. The molecule has 0 unspecified atom stereocenters. The third kappa shape index (κ3) is 6.53. The lowest BCUT2D eigenvalue weighted by molar-refractivity contribution is -0.117. The third-order valence-electron chi connectivity index (χ3n) is 2.38. The van der Waals surface area contributed by atoms with Gasteiger partial charge in [-0.1, -0.05) is 13.8 Å². The van der Waals surface area contributed by atoms with Crippen molar-refractivity contribution in [2.45, 2.75) is 13.8 Å². The standard InChI is InChI=1S/C11H21N3O2S/c1-8(2)3-13-11(16)14-10(15)7-17-6-9-4-12-5-9/h8-9,12H,3-7H2,1-2H3,(H2,13,14,15,16). The van der Waals surface area contributed by atoms with Gasteiger partial charge in [0.1, 0.15) is 0 Å². The van der Waals surface area contributed by atoms with E-state index in [1.54, 1.807) is 11.8 Å². The first-order valence-corrected chi connectivity index (χ1v) is 7.09. The smallest absolute Gasteiger partial charge is 0.321 e. The molecule has 1 heterocycles. The van der Waals surface area contributed by atoms with Crippen molar-refractivity contribution in [3.05, 3.63) is 0 Å². The highest BCUT2D eigenvalue weighted by Crippen LogP contribution is 2.11. The molecule has 3 N–H and O–H groups in total. The number of hydrogen-bond acceptors (Lipinski definition) is 4. The molecule has 0 saturated carbocycles. The van der Waals surface area contributed by atoms with E-state index in [1.165, 1.54) is 0 Å². The molecule has 0 aromatic carbocycles. The van der Waals surface area contributed by atoms with Crippen LogP contribution < -0.4 is 16.0 Å². The molecular weight excluding hydrogens is 238 g/mol. The number of imide groups is 1. The topological polar surface area (TPSA) is 70.2 Å². The predicted octanol–water partition coefficient (Wildman–Crippen LogP) is 0.421. The molecule has 0 bridgehead atoms. The van der Waals surface area contributed by atoms with Gasteiger partial charge in [-0.3, -0.25) is 10.1 Å². The summed E-state index contributed by atoms with van der Waals surface area (Å²) in [6.07, 6.45) is 0. The average Bonchev–Trinajstić information content (AvgIpc) is 2.18. The summed E-state index contributed by atoms with van der Waals surface area (Å²) in [6.45, 7) is 6.68. The minimum atomic E-state index is -0.394. The van der Waals surface area contributed by atoms with E-state index in [0.717, 1.165) is 18.8 Å². The van der Waals surface area contributed by atoms with E-state index >= 15 is 0 Å². The van der Waals surface area contributed by atoms with Crippen LogP contribution in [0, 0.1) is 11.8 Å². The largest absolute Gasteiger partial charge is 0.338 e. The van der Waals surface area contributed by atoms with Gasteiger partial charge >= 0.3 is 6.03 Å². The Bertz CT molecular complexity index is 267. The Labute approximate surface area is 106 Å². The summed E-state index contributed by atoms with van der Waals surface area (Å²) < 4.78 is 0. The van der Waals surface area contributed by atoms with E-state index in [9.17, 15) is 9.59 Å². The highest BCUT2D eigenvalue weighted by Gasteiger charge is 2.17. The molecule has 0 spiro atoms. The number of urea groups is 1. The predicted molar refractivity (Wildman–Crippen MR) is 70.1 cm³/mol. The Morgan fingerprint density at radius 2 is 2.12 bits per heavy atom. The summed E-state index contributed by atoms with van der Waals surface area (Å²) in [5.74, 6) is 2.18. The van der Waals surface area contributed by atoms with Crippen LogP contribution in [0.5, 0.6) is 0 Å². The molecule has 0 aromatic rings. The Morgan fingerprint density at radius 3 is 2.65 bits per heavy atom. The van der Waals surface area contributed by atoms with Crippen LogP contribution in [-0.2, 0) is 4.79 Å². The number of hydrogen-bond donors (Lipinski definition) is 3. The van der Waals surface area contributed by atoms with Crippen LogP contribution in [0.15, 0.2) is 0 Å². The molecule has 98 valence electrons. The molecule has 0 aliphatic carbocycles. The van der Waals surface area contributed by atoms with Crippen molar-refractivity contribution in [3.63, 3.8) is 0 Å². The van der Waals surface area contributed by atoms with Crippen molar-refractivity contribution in [1.82, 2.24) is 16.0 Å². The van der Waals surface area contributed by atoms with Gasteiger partial charge in [0.05, 0.1) is 5.75 Å². The van der Waals surface area contributed by atoms with Crippen molar-refractivity contribution >= 4 is 23.7 Å². The minimum Gasteiger partial charge on any atom is -0.338 e. The van der Waals surface area contributed by atoms with Crippen LogP contribution >= 0.6 is 11.8 Å². The van der Waals surface area contributed by atoms with Crippen LogP contribution in [-0.4, -0.2) is 43.1 Å². The second-order valence-electron chi connectivity index (χ2n) is 4.69. The van der Waals surface area contributed by atoms with Crippen molar-refractivity contribution in [3.8, 4) is 0 Å². The fourth-order valence-electron chi connectivity index (χ4n) is 1.29. The maximum atomic E-state index is 11.4. The minimum absolute atomic E-state index is 0.219. The zero-order chi connectivity index (χ0) is 12.7. The number of carbonyl (C=O) groups excluding carboxylic acids is 2. The molecular formula is C11H21N3O2S. The first-order chi connectivity index (χ1) is 8.08. The molecule has 5 nitrogen and oxygen atoms in total. The first-order valence-electron chi connectivity index (χ1n) is 5.94. The van der Waals surface area contributed by atoms with Crippen LogP contribution in [0.1, 0.15) is 13.8 Å². The van der Waals surface area contributed by atoms with Crippen molar-refractivity contribution in [2.75, 3.05) is 31.1 Å². The van der Waals surface area contributed by atoms with Gasteiger partial charge in [-0.25, -0.2) is 4.79 Å². The van der Waals surface area contributed by atoms with Crippen molar-refractivity contribution in [1.29, 1.82) is 0 Å². The van der Waals surface area contributed by atoms with Crippen molar-refractivity contribution in [2.24, 2.45) is 11.8 Å². The van der Waals surface area contributed by atoms with E-state index < -0.39 is 6.03 Å². The Hall–Kier alpha value is -0.750. The maximum Gasteiger partial charge on any atom is 0.321 e. The van der Waals surface area contributed by atoms with E-state index in [1.807, 2.05) is 13.8 Å². The van der Waals surface area contributed by atoms with Gasteiger partial charge in [0.2, 0.25) is 5.91 Å². The molecule has 1 aliphatic heterocycles. The molecule has 6 heteroatoms. The second-order valence-corrected chi connectivity index (χ2v) is 5.72. The summed E-state index contributed by atoms with van der Waals surface area (Å²) >= 11 is 1.58. The normalized spacial score (nSPS) is 15.5. The van der Waals surface area contributed by atoms with Gasteiger partial charge in [0.15, 0.2) is 0 Å².